The third-order valence-electron chi connectivity index (χ3n) is 5.56. The number of nitrogens with one attached hydrogen (secondary N) is 1. The molecule has 3 aromatic heterocycles. The first-order valence-corrected chi connectivity index (χ1v) is 10.6. The summed E-state index contributed by atoms with van der Waals surface area (Å²) in [5.74, 6) is 2.09. The van der Waals surface area contributed by atoms with E-state index in [1.807, 2.05) is 35.9 Å². The first kappa shape index (κ1) is 19.2. The van der Waals surface area contributed by atoms with Gasteiger partial charge in [-0.25, -0.2) is 19.6 Å². The molecule has 5 rings (SSSR count). The van der Waals surface area contributed by atoms with Crippen LogP contribution in [0.3, 0.4) is 0 Å². The highest BCUT2D eigenvalue weighted by Gasteiger charge is 2.19. The van der Waals surface area contributed by atoms with Crippen LogP contribution in [0.5, 0.6) is 0 Å². The van der Waals surface area contributed by atoms with E-state index in [1.165, 1.54) is 12.6 Å². The molecule has 9 heteroatoms. The Balaban J connectivity index is 1.31. The van der Waals surface area contributed by atoms with Gasteiger partial charge in [-0.15, -0.1) is 0 Å². The smallest absolute Gasteiger partial charge is 0.270 e. The molecule has 1 aliphatic rings. The average Bonchev–Trinajstić information content (AvgIpc) is 3.39. The summed E-state index contributed by atoms with van der Waals surface area (Å²) in [4.78, 5) is 26.2. The molecule has 4 heterocycles. The number of hydrogen-bond acceptors (Lipinski definition) is 6. The first-order valence-electron chi connectivity index (χ1n) is 10.6. The van der Waals surface area contributed by atoms with Crippen LogP contribution in [0.4, 0.5) is 5.69 Å². The van der Waals surface area contributed by atoms with E-state index >= 15 is 0 Å². The van der Waals surface area contributed by atoms with Gasteiger partial charge in [0.1, 0.15) is 11.5 Å². The molecular weight excluding hydrogens is 392 g/mol. The van der Waals surface area contributed by atoms with E-state index in [0.717, 1.165) is 42.2 Å². The van der Waals surface area contributed by atoms with Gasteiger partial charge in [0.25, 0.3) is 5.91 Å². The average molecular weight is 416 g/mol. The highest BCUT2D eigenvalue weighted by Crippen LogP contribution is 2.20. The Labute approximate surface area is 179 Å². The number of carbonyl (C=O) groups excluding carboxylic acids is 1. The van der Waals surface area contributed by atoms with Gasteiger partial charge in [-0.1, -0.05) is 31.2 Å². The quantitative estimate of drug-likeness (QED) is 0.516. The molecule has 0 aliphatic carbocycles. The number of nitrogen functional groups attached to an aromatic ring is 1. The molecule has 9 nitrogen and oxygen atoms in total. The molecule has 0 bridgehead atoms. The van der Waals surface area contributed by atoms with E-state index in [-0.39, 0.29) is 5.91 Å². The molecule has 0 saturated heterocycles. The molecule has 0 unspecified atom stereocenters. The SMILES string of the molecule is CCc1nc2ncc(N)cn2c1C(=O)NCc1ccc(-c2nc3n(n2)CCCC3)cc1. The Bertz CT molecular complexity index is 1230. The van der Waals surface area contributed by atoms with Crippen molar-refractivity contribution in [2.75, 3.05) is 5.73 Å². The summed E-state index contributed by atoms with van der Waals surface area (Å²) in [7, 11) is 0. The van der Waals surface area contributed by atoms with Crippen LogP contribution in [0, 0.1) is 0 Å². The van der Waals surface area contributed by atoms with Gasteiger partial charge >= 0.3 is 0 Å². The summed E-state index contributed by atoms with van der Waals surface area (Å²) >= 11 is 0. The lowest BCUT2D eigenvalue weighted by atomic mass is 10.1. The maximum atomic E-state index is 12.9. The van der Waals surface area contributed by atoms with Gasteiger partial charge in [-0.05, 0) is 24.8 Å². The minimum Gasteiger partial charge on any atom is -0.396 e. The number of nitrogens with two attached hydrogens (primary N) is 1. The van der Waals surface area contributed by atoms with E-state index in [4.69, 9.17) is 5.73 Å². The molecule has 0 radical (unpaired) electrons. The molecule has 0 spiro atoms. The van der Waals surface area contributed by atoms with E-state index in [9.17, 15) is 4.79 Å². The highest BCUT2D eigenvalue weighted by molar-refractivity contribution is 5.94. The summed E-state index contributed by atoms with van der Waals surface area (Å²) in [5.41, 5.74) is 9.47. The molecule has 1 aliphatic heterocycles. The molecule has 0 saturated carbocycles. The van der Waals surface area contributed by atoms with Crippen LogP contribution in [0.2, 0.25) is 0 Å². The minimum absolute atomic E-state index is 0.204. The van der Waals surface area contributed by atoms with Gasteiger partial charge in [0, 0.05) is 31.3 Å². The number of anilines is 1. The summed E-state index contributed by atoms with van der Waals surface area (Å²) in [6, 6.07) is 7.98. The number of fused-ring (bicyclic) bond motifs is 2. The molecule has 31 heavy (non-hydrogen) atoms. The lowest BCUT2D eigenvalue weighted by molar-refractivity contribution is 0.0944. The number of hydrogen-bond donors (Lipinski definition) is 2. The van der Waals surface area contributed by atoms with Crippen molar-refractivity contribution in [2.24, 2.45) is 0 Å². The molecule has 0 atom stereocenters. The monoisotopic (exact) mass is 416 g/mol. The number of aromatic nitrogens is 6. The lowest BCUT2D eigenvalue weighted by Crippen LogP contribution is -2.25. The number of nitrogens with zero attached hydrogens (tertiary/aromatic N) is 6. The van der Waals surface area contributed by atoms with Crippen LogP contribution in [0.25, 0.3) is 17.2 Å². The fourth-order valence-electron chi connectivity index (χ4n) is 3.92. The minimum atomic E-state index is -0.204. The molecular formula is C22H24N8O. The maximum Gasteiger partial charge on any atom is 0.270 e. The van der Waals surface area contributed by atoms with Crippen LogP contribution >= 0.6 is 0 Å². The van der Waals surface area contributed by atoms with Gasteiger partial charge in [0.05, 0.1) is 17.6 Å². The Morgan fingerprint density at radius 3 is 2.81 bits per heavy atom. The summed E-state index contributed by atoms with van der Waals surface area (Å²) < 4.78 is 3.66. The van der Waals surface area contributed by atoms with E-state index in [2.05, 4.69) is 25.4 Å². The zero-order valence-electron chi connectivity index (χ0n) is 17.4. The van der Waals surface area contributed by atoms with E-state index in [0.29, 0.717) is 35.8 Å². The van der Waals surface area contributed by atoms with Crippen LogP contribution in [0.1, 0.15) is 47.3 Å². The second-order valence-corrected chi connectivity index (χ2v) is 7.73. The molecule has 4 aromatic rings. The Kier molecular flexibility index (Phi) is 4.85. The molecule has 158 valence electrons. The van der Waals surface area contributed by atoms with Crippen molar-refractivity contribution in [3.05, 3.63) is 59.4 Å². The number of carbonyl (C=O) groups is 1. The van der Waals surface area contributed by atoms with Crippen LogP contribution in [-0.4, -0.2) is 35.0 Å². The fraction of sp³-hybridized carbons (Fsp3) is 0.318. The maximum absolute atomic E-state index is 12.9. The second kappa shape index (κ2) is 7.82. The number of imidazole rings is 1. The lowest BCUT2D eigenvalue weighted by Gasteiger charge is -2.09. The van der Waals surface area contributed by atoms with E-state index < -0.39 is 0 Å². The predicted molar refractivity (Wildman–Crippen MR) is 116 cm³/mol. The van der Waals surface area contributed by atoms with Gasteiger partial charge < -0.3 is 11.1 Å². The normalized spacial score (nSPS) is 13.3. The topological polar surface area (TPSA) is 116 Å². The second-order valence-electron chi connectivity index (χ2n) is 7.73. The molecule has 0 fully saturated rings. The van der Waals surface area contributed by atoms with Crippen molar-refractivity contribution in [1.29, 1.82) is 0 Å². The van der Waals surface area contributed by atoms with Crippen molar-refractivity contribution in [1.82, 2.24) is 34.4 Å². The number of benzene rings is 1. The largest absolute Gasteiger partial charge is 0.396 e. The van der Waals surface area contributed by atoms with Crippen LogP contribution in [-0.2, 0) is 25.9 Å². The third-order valence-corrected chi connectivity index (χ3v) is 5.56. The van der Waals surface area contributed by atoms with Crippen molar-refractivity contribution in [3.63, 3.8) is 0 Å². The molecule has 3 N–H and O–H groups in total. The van der Waals surface area contributed by atoms with Gasteiger partial charge in [-0.3, -0.25) is 9.20 Å². The summed E-state index contributed by atoms with van der Waals surface area (Å²) in [6.45, 7) is 3.30. The van der Waals surface area contributed by atoms with Crippen molar-refractivity contribution >= 4 is 17.4 Å². The standard InChI is InChI=1S/C22H24N8O/c1-2-17-19(29-13-16(23)12-25-22(29)26-17)21(31)24-11-14-6-8-15(9-7-14)20-27-18-5-3-4-10-30(18)28-20/h6-9,12-13H,2-5,10-11,23H2,1H3,(H,24,31). The number of rotatable bonds is 5. The van der Waals surface area contributed by atoms with Crippen LogP contribution < -0.4 is 11.1 Å². The molecule has 1 aromatic carbocycles. The van der Waals surface area contributed by atoms with Crippen molar-refractivity contribution < 1.29 is 4.79 Å². The predicted octanol–water partition coefficient (Wildman–Crippen LogP) is 2.40. The first-order chi connectivity index (χ1) is 15.1. The third kappa shape index (κ3) is 3.63. The molecule has 1 amide bonds. The summed E-state index contributed by atoms with van der Waals surface area (Å²) in [5, 5.41) is 7.61. The number of amides is 1. The van der Waals surface area contributed by atoms with Gasteiger partial charge in [-0.2, -0.15) is 5.10 Å². The Hall–Kier alpha value is -3.75. The zero-order valence-corrected chi connectivity index (χ0v) is 17.4. The van der Waals surface area contributed by atoms with Gasteiger partial charge in [0.15, 0.2) is 5.82 Å². The Morgan fingerprint density at radius 1 is 1.19 bits per heavy atom. The number of aryl methyl sites for hydroxylation is 3. The van der Waals surface area contributed by atoms with Crippen LogP contribution in [0.15, 0.2) is 36.7 Å². The van der Waals surface area contributed by atoms with E-state index in [1.54, 1.807) is 10.6 Å². The Morgan fingerprint density at radius 2 is 2.03 bits per heavy atom. The fourth-order valence-corrected chi connectivity index (χ4v) is 3.92. The zero-order chi connectivity index (χ0) is 21.4. The van der Waals surface area contributed by atoms with Crippen molar-refractivity contribution in [2.45, 2.75) is 45.7 Å². The van der Waals surface area contributed by atoms with Crippen molar-refractivity contribution in [3.8, 4) is 11.4 Å². The summed E-state index contributed by atoms with van der Waals surface area (Å²) in [6.07, 6.45) is 7.16. The van der Waals surface area contributed by atoms with Gasteiger partial charge in [0.2, 0.25) is 5.78 Å². The highest BCUT2D eigenvalue weighted by atomic mass is 16.1.